The van der Waals surface area contributed by atoms with Crippen molar-refractivity contribution in [3.8, 4) is 0 Å². The second-order valence-corrected chi connectivity index (χ2v) is 8.11. The summed E-state index contributed by atoms with van der Waals surface area (Å²) in [4.78, 5) is 41.0. The van der Waals surface area contributed by atoms with Crippen LogP contribution in [0.3, 0.4) is 0 Å². The average Bonchev–Trinajstić information content (AvgIpc) is 3.23. The standard InChI is InChI=1S/C22H19Cl2N3O3/c1-13-10-15(26-8-2-3-9-26)5-4-14(13)11-17-20(28)25-22(30)27(21(17)29)16-6-7-18(23)19(24)12-16/h4-7,10-12H,2-3,8-9H2,1H3,(H,25,28,30)/b17-11+. The van der Waals surface area contributed by atoms with Crippen LogP contribution in [0.25, 0.3) is 6.08 Å². The fourth-order valence-corrected chi connectivity index (χ4v) is 3.96. The number of amides is 4. The second kappa shape index (κ2) is 8.13. The summed E-state index contributed by atoms with van der Waals surface area (Å²) in [5.41, 5.74) is 2.90. The molecule has 0 aliphatic carbocycles. The van der Waals surface area contributed by atoms with E-state index in [1.165, 1.54) is 37.1 Å². The van der Waals surface area contributed by atoms with E-state index in [2.05, 4.69) is 10.2 Å². The third-order valence-electron chi connectivity index (χ3n) is 5.29. The molecule has 2 aromatic rings. The molecule has 2 aliphatic rings. The molecule has 154 valence electrons. The Morgan fingerprint density at radius 1 is 0.933 bits per heavy atom. The van der Waals surface area contributed by atoms with Crippen LogP contribution in [0.5, 0.6) is 0 Å². The summed E-state index contributed by atoms with van der Waals surface area (Å²) >= 11 is 11.9. The van der Waals surface area contributed by atoms with Gasteiger partial charge < -0.3 is 4.90 Å². The van der Waals surface area contributed by atoms with Crippen LogP contribution >= 0.6 is 23.2 Å². The number of carbonyl (C=O) groups excluding carboxylic acids is 3. The highest BCUT2D eigenvalue weighted by atomic mass is 35.5. The van der Waals surface area contributed by atoms with E-state index >= 15 is 0 Å². The lowest BCUT2D eigenvalue weighted by molar-refractivity contribution is -0.122. The summed E-state index contributed by atoms with van der Waals surface area (Å²) in [7, 11) is 0. The zero-order valence-corrected chi connectivity index (χ0v) is 17.8. The highest BCUT2D eigenvalue weighted by Crippen LogP contribution is 2.30. The highest BCUT2D eigenvalue weighted by Gasteiger charge is 2.37. The number of rotatable bonds is 3. The molecule has 0 unspecified atom stereocenters. The number of nitrogens with one attached hydrogen (secondary N) is 1. The molecular formula is C22H19Cl2N3O3. The molecule has 2 fully saturated rings. The minimum atomic E-state index is -0.832. The van der Waals surface area contributed by atoms with E-state index in [1.807, 2.05) is 25.1 Å². The zero-order chi connectivity index (χ0) is 21.4. The predicted molar refractivity (Wildman–Crippen MR) is 118 cm³/mol. The number of imide groups is 2. The number of aryl methyl sites for hydroxylation is 1. The Balaban J connectivity index is 1.68. The van der Waals surface area contributed by atoms with Crippen LogP contribution in [0.4, 0.5) is 16.2 Å². The van der Waals surface area contributed by atoms with Crippen molar-refractivity contribution in [2.75, 3.05) is 22.9 Å². The molecular weight excluding hydrogens is 425 g/mol. The summed E-state index contributed by atoms with van der Waals surface area (Å²) in [6, 6.07) is 9.47. The fraction of sp³-hybridized carbons (Fsp3) is 0.227. The number of hydrogen-bond acceptors (Lipinski definition) is 4. The van der Waals surface area contributed by atoms with Gasteiger partial charge in [0.15, 0.2) is 0 Å². The van der Waals surface area contributed by atoms with Crippen molar-refractivity contribution < 1.29 is 14.4 Å². The van der Waals surface area contributed by atoms with Crippen molar-refractivity contribution >= 4 is 58.5 Å². The van der Waals surface area contributed by atoms with Gasteiger partial charge in [0.1, 0.15) is 5.57 Å². The van der Waals surface area contributed by atoms with Gasteiger partial charge in [-0.05, 0) is 67.3 Å². The number of urea groups is 1. The van der Waals surface area contributed by atoms with Crippen molar-refractivity contribution in [3.63, 3.8) is 0 Å². The largest absolute Gasteiger partial charge is 0.372 e. The number of barbiturate groups is 1. The number of nitrogens with zero attached hydrogens (tertiary/aromatic N) is 2. The van der Waals surface area contributed by atoms with Crippen LogP contribution in [0, 0.1) is 6.92 Å². The molecule has 8 heteroatoms. The summed E-state index contributed by atoms with van der Waals surface area (Å²) in [6.07, 6.45) is 3.87. The van der Waals surface area contributed by atoms with Crippen molar-refractivity contribution in [1.29, 1.82) is 0 Å². The highest BCUT2D eigenvalue weighted by molar-refractivity contribution is 6.43. The van der Waals surface area contributed by atoms with Gasteiger partial charge in [-0.1, -0.05) is 29.3 Å². The maximum atomic E-state index is 13.0. The van der Waals surface area contributed by atoms with Crippen LogP contribution in [-0.2, 0) is 9.59 Å². The Kier molecular flexibility index (Phi) is 5.54. The molecule has 6 nitrogen and oxygen atoms in total. The topological polar surface area (TPSA) is 69.7 Å². The minimum absolute atomic E-state index is 0.127. The van der Waals surface area contributed by atoms with E-state index in [0.29, 0.717) is 5.02 Å². The maximum absolute atomic E-state index is 13.0. The molecule has 30 heavy (non-hydrogen) atoms. The minimum Gasteiger partial charge on any atom is -0.372 e. The van der Waals surface area contributed by atoms with E-state index in [-0.39, 0.29) is 16.3 Å². The van der Waals surface area contributed by atoms with Gasteiger partial charge >= 0.3 is 6.03 Å². The van der Waals surface area contributed by atoms with E-state index in [1.54, 1.807) is 0 Å². The van der Waals surface area contributed by atoms with Crippen molar-refractivity contribution in [3.05, 3.63) is 63.1 Å². The molecule has 0 bridgehead atoms. The zero-order valence-electron chi connectivity index (χ0n) is 16.2. The summed E-state index contributed by atoms with van der Waals surface area (Å²) in [6.45, 7) is 3.99. The van der Waals surface area contributed by atoms with Gasteiger partial charge in [0.2, 0.25) is 0 Å². The number of carbonyl (C=O) groups is 3. The Labute approximate surface area is 184 Å². The van der Waals surface area contributed by atoms with Gasteiger partial charge in [0.25, 0.3) is 11.8 Å². The molecule has 2 saturated heterocycles. The van der Waals surface area contributed by atoms with Gasteiger partial charge in [0, 0.05) is 18.8 Å². The molecule has 4 rings (SSSR count). The van der Waals surface area contributed by atoms with Crippen molar-refractivity contribution in [2.45, 2.75) is 19.8 Å². The van der Waals surface area contributed by atoms with Gasteiger partial charge in [-0.3, -0.25) is 14.9 Å². The van der Waals surface area contributed by atoms with E-state index in [0.717, 1.165) is 34.8 Å². The quantitative estimate of drug-likeness (QED) is 0.557. The average molecular weight is 444 g/mol. The molecule has 0 aromatic heterocycles. The molecule has 2 aliphatic heterocycles. The number of benzene rings is 2. The molecule has 0 radical (unpaired) electrons. The van der Waals surface area contributed by atoms with Crippen LogP contribution in [0.15, 0.2) is 42.0 Å². The summed E-state index contributed by atoms with van der Waals surface area (Å²) in [5.74, 6) is -1.45. The normalized spacial score (nSPS) is 18.4. The smallest absolute Gasteiger partial charge is 0.335 e. The van der Waals surface area contributed by atoms with E-state index < -0.39 is 17.8 Å². The van der Waals surface area contributed by atoms with E-state index in [9.17, 15) is 14.4 Å². The summed E-state index contributed by atoms with van der Waals surface area (Å²) in [5, 5.41) is 2.71. The lowest BCUT2D eigenvalue weighted by Crippen LogP contribution is -2.54. The van der Waals surface area contributed by atoms with Crippen molar-refractivity contribution in [2.24, 2.45) is 0 Å². The Morgan fingerprint density at radius 2 is 1.63 bits per heavy atom. The van der Waals surface area contributed by atoms with Crippen LogP contribution < -0.4 is 15.1 Å². The monoisotopic (exact) mass is 443 g/mol. The predicted octanol–water partition coefficient (Wildman–Crippen LogP) is 4.57. The first kappa shape index (κ1) is 20.4. The number of hydrogen-bond donors (Lipinski definition) is 1. The third-order valence-corrected chi connectivity index (χ3v) is 6.03. The van der Waals surface area contributed by atoms with Gasteiger partial charge in [0.05, 0.1) is 15.7 Å². The Morgan fingerprint density at radius 3 is 2.30 bits per heavy atom. The van der Waals surface area contributed by atoms with Gasteiger partial charge in [-0.2, -0.15) is 0 Å². The van der Waals surface area contributed by atoms with Crippen molar-refractivity contribution in [1.82, 2.24) is 5.32 Å². The first-order chi connectivity index (χ1) is 14.3. The Hall–Kier alpha value is -2.83. The van der Waals surface area contributed by atoms with Crippen LogP contribution in [-0.4, -0.2) is 30.9 Å². The molecule has 1 N–H and O–H groups in total. The second-order valence-electron chi connectivity index (χ2n) is 7.29. The molecule has 2 aromatic carbocycles. The summed E-state index contributed by atoms with van der Waals surface area (Å²) < 4.78 is 0. The number of halogens is 2. The molecule has 0 spiro atoms. The van der Waals surface area contributed by atoms with Gasteiger partial charge in [-0.25, -0.2) is 9.69 Å². The molecule has 0 saturated carbocycles. The lowest BCUT2D eigenvalue weighted by atomic mass is 10.0. The lowest BCUT2D eigenvalue weighted by Gasteiger charge is -2.26. The van der Waals surface area contributed by atoms with Crippen LogP contribution in [0.2, 0.25) is 10.0 Å². The Bertz CT molecular complexity index is 1090. The van der Waals surface area contributed by atoms with Crippen LogP contribution in [0.1, 0.15) is 24.0 Å². The third kappa shape index (κ3) is 3.80. The fourth-order valence-electron chi connectivity index (χ4n) is 3.67. The number of anilines is 2. The molecule has 2 heterocycles. The molecule has 4 amide bonds. The molecule has 0 atom stereocenters. The first-order valence-corrected chi connectivity index (χ1v) is 10.3. The SMILES string of the molecule is Cc1cc(N2CCCC2)ccc1/C=C1\C(=O)NC(=O)N(c2ccc(Cl)c(Cl)c2)C1=O. The first-order valence-electron chi connectivity index (χ1n) is 9.57. The van der Waals surface area contributed by atoms with E-state index in [4.69, 9.17) is 23.2 Å². The van der Waals surface area contributed by atoms with Gasteiger partial charge in [-0.15, -0.1) is 0 Å². The maximum Gasteiger partial charge on any atom is 0.335 e.